The van der Waals surface area contributed by atoms with Gasteiger partial charge >= 0.3 is 0 Å². The van der Waals surface area contributed by atoms with Gasteiger partial charge < -0.3 is 5.11 Å². The van der Waals surface area contributed by atoms with Crippen LogP contribution in [0.4, 0.5) is 0 Å². The second-order valence-corrected chi connectivity index (χ2v) is 6.76. The van der Waals surface area contributed by atoms with Crippen LogP contribution in [0.5, 0.6) is 0 Å². The molecule has 0 aliphatic heterocycles. The number of nitrogens with zero attached hydrogens (tertiary/aromatic N) is 1. The van der Waals surface area contributed by atoms with E-state index >= 15 is 0 Å². The highest BCUT2D eigenvalue weighted by Gasteiger charge is 2.52. The molecular formula is C16H27NO. The summed E-state index contributed by atoms with van der Waals surface area (Å²) >= 11 is 0. The van der Waals surface area contributed by atoms with Gasteiger partial charge in [-0.3, -0.25) is 0 Å². The summed E-state index contributed by atoms with van der Waals surface area (Å²) in [5.74, 6) is 1.49. The summed E-state index contributed by atoms with van der Waals surface area (Å²) in [6.45, 7) is 4.49. The number of aliphatic hydroxyl groups is 1. The third-order valence-electron chi connectivity index (χ3n) is 5.74. The fourth-order valence-electron chi connectivity index (χ4n) is 3.98. The van der Waals surface area contributed by atoms with E-state index in [0.29, 0.717) is 5.92 Å². The monoisotopic (exact) mass is 249 g/mol. The lowest BCUT2D eigenvalue weighted by atomic mass is 9.57. The molecule has 2 rings (SSSR count). The molecule has 0 radical (unpaired) electrons. The van der Waals surface area contributed by atoms with Gasteiger partial charge in [0.1, 0.15) is 0 Å². The Morgan fingerprint density at radius 2 is 1.67 bits per heavy atom. The predicted octanol–water partition coefficient (Wildman–Crippen LogP) is 4.04. The third-order valence-corrected chi connectivity index (χ3v) is 5.74. The summed E-state index contributed by atoms with van der Waals surface area (Å²) in [4.78, 5) is 0. The van der Waals surface area contributed by atoms with E-state index in [1.807, 2.05) is 0 Å². The van der Waals surface area contributed by atoms with Gasteiger partial charge in [-0.05, 0) is 63.2 Å². The minimum atomic E-state index is -0.701. The fourth-order valence-corrected chi connectivity index (χ4v) is 3.98. The van der Waals surface area contributed by atoms with Crippen molar-refractivity contribution in [3.05, 3.63) is 0 Å². The minimum Gasteiger partial charge on any atom is -0.388 e. The minimum absolute atomic E-state index is 0.446. The first-order valence-electron chi connectivity index (χ1n) is 7.69. The summed E-state index contributed by atoms with van der Waals surface area (Å²) in [6, 6.07) is 2.54. The van der Waals surface area contributed by atoms with Crippen molar-refractivity contribution in [1.29, 1.82) is 5.26 Å². The van der Waals surface area contributed by atoms with Gasteiger partial charge in [0.2, 0.25) is 0 Å². The molecule has 2 fully saturated rings. The molecule has 0 aromatic rings. The Kier molecular flexibility index (Phi) is 4.02. The van der Waals surface area contributed by atoms with E-state index in [1.165, 1.54) is 6.42 Å². The molecule has 0 heterocycles. The molecular weight excluding hydrogens is 222 g/mol. The molecule has 0 aromatic heterocycles. The molecule has 0 amide bonds. The number of hydrogen-bond donors (Lipinski definition) is 1. The van der Waals surface area contributed by atoms with Crippen molar-refractivity contribution in [1.82, 2.24) is 0 Å². The summed E-state index contributed by atoms with van der Waals surface area (Å²) in [7, 11) is 0. The Bertz CT molecular complexity index is 314. The van der Waals surface area contributed by atoms with Crippen molar-refractivity contribution in [2.75, 3.05) is 0 Å². The van der Waals surface area contributed by atoms with Crippen molar-refractivity contribution >= 4 is 0 Å². The molecule has 0 aromatic carbocycles. The molecule has 0 unspecified atom stereocenters. The van der Waals surface area contributed by atoms with E-state index in [9.17, 15) is 10.4 Å². The van der Waals surface area contributed by atoms with Crippen LogP contribution in [0.25, 0.3) is 0 Å². The second-order valence-electron chi connectivity index (χ2n) is 6.76. The van der Waals surface area contributed by atoms with Crippen LogP contribution in [-0.4, -0.2) is 10.7 Å². The van der Waals surface area contributed by atoms with Crippen LogP contribution < -0.4 is 0 Å². The first kappa shape index (κ1) is 13.9. The predicted molar refractivity (Wildman–Crippen MR) is 72.9 cm³/mol. The van der Waals surface area contributed by atoms with Crippen LogP contribution in [-0.2, 0) is 0 Å². The van der Waals surface area contributed by atoms with Gasteiger partial charge in [-0.2, -0.15) is 5.26 Å². The number of nitriles is 1. The Morgan fingerprint density at radius 3 is 2.11 bits per heavy atom. The molecule has 2 aliphatic carbocycles. The molecule has 0 spiro atoms. The zero-order valence-electron chi connectivity index (χ0n) is 11.9. The van der Waals surface area contributed by atoms with Gasteiger partial charge in [0.15, 0.2) is 0 Å². The van der Waals surface area contributed by atoms with Gasteiger partial charge in [0, 0.05) is 0 Å². The van der Waals surface area contributed by atoms with E-state index in [1.54, 1.807) is 0 Å². The average Bonchev–Trinajstić information content (AvgIpc) is 2.42. The average molecular weight is 249 g/mol. The standard InChI is InChI=1S/C16H27NO/c1-3-14-6-8-15(12-17,9-7-14)16(18)10-4-13(2)5-11-16/h13-14,18H,3-11H2,1-2H3. The van der Waals surface area contributed by atoms with Crippen molar-refractivity contribution in [3.8, 4) is 6.07 Å². The van der Waals surface area contributed by atoms with E-state index in [4.69, 9.17) is 0 Å². The van der Waals surface area contributed by atoms with E-state index in [-0.39, 0.29) is 0 Å². The quantitative estimate of drug-likeness (QED) is 0.802. The van der Waals surface area contributed by atoms with Crippen molar-refractivity contribution < 1.29 is 5.11 Å². The third kappa shape index (κ3) is 2.30. The maximum atomic E-state index is 11.0. The lowest BCUT2D eigenvalue weighted by Crippen LogP contribution is -2.51. The molecule has 2 heteroatoms. The largest absolute Gasteiger partial charge is 0.388 e. The second kappa shape index (κ2) is 5.21. The normalized spacial score (nSPS) is 45.4. The molecule has 0 bridgehead atoms. The molecule has 1 N–H and O–H groups in total. The number of hydrogen-bond acceptors (Lipinski definition) is 2. The van der Waals surface area contributed by atoms with E-state index in [2.05, 4.69) is 19.9 Å². The van der Waals surface area contributed by atoms with Crippen LogP contribution >= 0.6 is 0 Å². The first-order valence-corrected chi connectivity index (χ1v) is 7.69. The zero-order valence-corrected chi connectivity index (χ0v) is 11.9. The Hall–Kier alpha value is -0.550. The van der Waals surface area contributed by atoms with Gasteiger partial charge in [-0.25, -0.2) is 0 Å². The smallest absolute Gasteiger partial charge is 0.0860 e. The molecule has 2 aliphatic rings. The van der Waals surface area contributed by atoms with Gasteiger partial charge in [-0.15, -0.1) is 0 Å². The van der Waals surface area contributed by atoms with Crippen LogP contribution in [0.2, 0.25) is 0 Å². The molecule has 18 heavy (non-hydrogen) atoms. The first-order chi connectivity index (χ1) is 8.55. The van der Waals surface area contributed by atoms with Crippen LogP contribution in [0.1, 0.15) is 71.6 Å². The Labute approximate surface area is 111 Å². The van der Waals surface area contributed by atoms with Gasteiger partial charge in [0.25, 0.3) is 0 Å². The topological polar surface area (TPSA) is 44.0 Å². The summed E-state index contributed by atoms with van der Waals surface area (Å²) in [5, 5.41) is 20.7. The van der Waals surface area contributed by atoms with Crippen molar-refractivity contribution in [3.63, 3.8) is 0 Å². The molecule has 0 saturated heterocycles. The maximum absolute atomic E-state index is 11.0. The SMILES string of the molecule is CCC1CCC(C#N)(C2(O)CCC(C)CC2)CC1. The Balaban J connectivity index is 2.11. The van der Waals surface area contributed by atoms with E-state index in [0.717, 1.165) is 57.3 Å². The number of rotatable bonds is 2. The highest BCUT2D eigenvalue weighted by Crippen LogP contribution is 2.52. The van der Waals surface area contributed by atoms with Crippen molar-refractivity contribution in [2.24, 2.45) is 17.3 Å². The zero-order chi connectivity index (χ0) is 13.2. The fraction of sp³-hybridized carbons (Fsp3) is 0.938. The Morgan fingerprint density at radius 1 is 1.11 bits per heavy atom. The van der Waals surface area contributed by atoms with E-state index < -0.39 is 11.0 Å². The summed E-state index contributed by atoms with van der Waals surface area (Å²) in [5.41, 5.74) is -1.15. The summed E-state index contributed by atoms with van der Waals surface area (Å²) in [6.07, 6.45) is 9.12. The van der Waals surface area contributed by atoms with Crippen LogP contribution in [0.3, 0.4) is 0 Å². The van der Waals surface area contributed by atoms with Crippen LogP contribution in [0, 0.1) is 28.6 Å². The molecule has 2 nitrogen and oxygen atoms in total. The molecule has 2 saturated carbocycles. The van der Waals surface area contributed by atoms with Gasteiger partial charge in [0.05, 0.1) is 17.1 Å². The lowest BCUT2D eigenvalue weighted by Gasteiger charge is -2.49. The molecule has 0 atom stereocenters. The van der Waals surface area contributed by atoms with Crippen LogP contribution in [0.15, 0.2) is 0 Å². The highest BCUT2D eigenvalue weighted by molar-refractivity contribution is 5.14. The highest BCUT2D eigenvalue weighted by atomic mass is 16.3. The maximum Gasteiger partial charge on any atom is 0.0860 e. The lowest BCUT2D eigenvalue weighted by molar-refractivity contribution is -0.108. The molecule has 102 valence electrons. The summed E-state index contributed by atoms with van der Waals surface area (Å²) < 4.78 is 0. The van der Waals surface area contributed by atoms with Gasteiger partial charge in [-0.1, -0.05) is 20.3 Å². The van der Waals surface area contributed by atoms with Crippen molar-refractivity contribution in [2.45, 2.75) is 77.2 Å².